The van der Waals surface area contributed by atoms with E-state index in [9.17, 15) is 13.2 Å². The van der Waals surface area contributed by atoms with Gasteiger partial charge in [-0.3, -0.25) is 9.52 Å². The molecule has 0 aliphatic carbocycles. The number of hydrogen-bond acceptors (Lipinski definition) is 7. The molecule has 2 heterocycles. The molecule has 10 heteroatoms. The van der Waals surface area contributed by atoms with Gasteiger partial charge < -0.3 is 5.32 Å². The average Bonchev–Trinajstić information content (AvgIpc) is 3.18. The fourth-order valence-electron chi connectivity index (χ4n) is 2.78. The van der Waals surface area contributed by atoms with Crippen molar-refractivity contribution in [3.05, 3.63) is 83.6 Å². The minimum Gasteiger partial charge on any atom is -0.319 e. The summed E-state index contributed by atoms with van der Waals surface area (Å²) in [4.78, 5) is 26.1. The monoisotopic (exact) mass is 451 g/mol. The van der Waals surface area contributed by atoms with Gasteiger partial charge in [-0.1, -0.05) is 30.3 Å². The summed E-state index contributed by atoms with van der Waals surface area (Å²) >= 11 is 1.17. The van der Waals surface area contributed by atoms with Gasteiger partial charge in [-0.2, -0.15) is 0 Å². The molecule has 4 aromatic rings. The average molecular weight is 452 g/mol. The van der Waals surface area contributed by atoms with Crippen molar-refractivity contribution in [3.63, 3.8) is 0 Å². The lowest BCUT2D eigenvalue weighted by atomic mass is 10.2. The fourth-order valence-corrected chi connectivity index (χ4v) is 4.79. The number of carbonyl (C=O) groups is 1. The van der Waals surface area contributed by atoms with Gasteiger partial charge in [-0.25, -0.2) is 23.4 Å². The predicted octanol–water partition coefficient (Wildman–Crippen LogP) is 3.96. The molecule has 0 radical (unpaired) electrons. The summed E-state index contributed by atoms with van der Waals surface area (Å²) in [5, 5.41) is 3.30. The normalized spacial score (nSPS) is 11.1. The Morgan fingerprint density at radius 2 is 1.55 bits per heavy atom. The summed E-state index contributed by atoms with van der Waals surface area (Å²) in [6.07, 6.45) is 3.21. The highest BCUT2D eigenvalue weighted by Crippen LogP contribution is 2.28. The lowest BCUT2D eigenvalue weighted by Gasteiger charge is -2.13. The number of benzene rings is 2. The van der Waals surface area contributed by atoms with Gasteiger partial charge in [0.2, 0.25) is 0 Å². The zero-order valence-corrected chi connectivity index (χ0v) is 17.9. The molecule has 156 valence electrons. The molecule has 0 fully saturated rings. The van der Waals surface area contributed by atoms with E-state index in [1.54, 1.807) is 67.8 Å². The molecule has 0 spiro atoms. The number of aromatic nitrogens is 3. The number of para-hydroxylation sites is 2. The number of thiazole rings is 1. The third-order valence-electron chi connectivity index (χ3n) is 4.23. The maximum Gasteiger partial charge on any atom is 0.267 e. The van der Waals surface area contributed by atoms with E-state index in [-0.39, 0.29) is 10.6 Å². The van der Waals surface area contributed by atoms with Crippen LogP contribution in [-0.2, 0) is 10.0 Å². The van der Waals surface area contributed by atoms with Crippen LogP contribution in [0.15, 0.2) is 78.0 Å². The summed E-state index contributed by atoms with van der Waals surface area (Å²) in [5.74, 6) is 0.0363. The largest absolute Gasteiger partial charge is 0.319 e. The molecule has 0 bridgehead atoms. The number of nitrogens with one attached hydrogen (secondary N) is 2. The third kappa shape index (κ3) is 4.60. The molecule has 0 saturated heterocycles. The number of aryl methyl sites for hydroxylation is 1. The highest BCUT2D eigenvalue weighted by Gasteiger charge is 2.20. The van der Waals surface area contributed by atoms with Gasteiger partial charge in [0.05, 0.1) is 22.0 Å². The Labute approximate surface area is 183 Å². The van der Waals surface area contributed by atoms with Crippen LogP contribution in [0.5, 0.6) is 0 Å². The molecule has 2 aromatic heterocycles. The Balaban J connectivity index is 1.59. The summed E-state index contributed by atoms with van der Waals surface area (Å²) in [6.45, 7) is 1.72. The second-order valence-electron chi connectivity index (χ2n) is 6.42. The number of hydrogen-bond donors (Lipinski definition) is 2. The van der Waals surface area contributed by atoms with E-state index in [0.29, 0.717) is 27.1 Å². The van der Waals surface area contributed by atoms with Crippen LogP contribution in [-0.4, -0.2) is 29.3 Å². The minimum absolute atomic E-state index is 0.127. The van der Waals surface area contributed by atoms with Crippen LogP contribution in [0.1, 0.15) is 15.4 Å². The minimum atomic E-state index is -3.80. The van der Waals surface area contributed by atoms with Crippen LogP contribution in [0.25, 0.3) is 10.8 Å². The van der Waals surface area contributed by atoms with E-state index in [1.807, 2.05) is 0 Å². The highest BCUT2D eigenvalue weighted by atomic mass is 32.2. The summed E-state index contributed by atoms with van der Waals surface area (Å²) in [7, 11) is -3.80. The molecule has 0 saturated carbocycles. The molecule has 0 unspecified atom stereocenters. The second-order valence-corrected chi connectivity index (χ2v) is 9.11. The predicted molar refractivity (Wildman–Crippen MR) is 120 cm³/mol. The Kier molecular flexibility index (Phi) is 5.74. The van der Waals surface area contributed by atoms with E-state index in [2.05, 4.69) is 25.0 Å². The first-order chi connectivity index (χ1) is 14.9. The molecular weight excluding hydrogens is 434 g/mol. The van der Waals surface area contributed by atoms with Crippen LogP contribution in [0.2, 0.25) is 0 Å². The van der Waals surface area contributed by atoms with Crippen molar-refractivity contribution in [1.29, 1.82) is 0 Å². The molecule has 0 atom stereocenters. The Bertz CT molecular complexity index is 1320. The molecular formula is C21H17N5O3S2. The van der Waals surface area contributed by atoms with E-state index < -0.39 is 15.9 Å². The summed E-state index contributed by atoms with van der Waals surface area (Å²) in [5.41, 5.74) is 1.12. The smallest absolute Gasteiger partial charge is 0.267 e. The number of sulfonamides is 1. The maximum absolute atomic E-state index is 12.9. The zero-order valence-electron chi connectivity index (χ0n) is 16.3. The lowest BCUT2D eigenvalue weighted by Crippen LogP contribution is -2.17. The van der Waals surface area contributed by atoms with Gasteiger partial charge in [-0.05, 0) is 37.3 Å². The maximum atomic E-state index is 12.9. The van der Waals surface area contributed by atoms with Crippen LogP contribution >= 0.6 is 11.3 Å². The molecule has 1 amide bonds. The second kappa shape index (κ2) is 8.62. The van der Waals surface area contributed by atoms with Gasteiger partial charge in [0.25, 0.3) is 15.9 Å². The number of rotatable bonds is 6. The van der Waals surface area contributed by atoms with Gasteiger partial charge in [-0.15, -0.1) is 11.3 Å². The van der Waals surface area contributed by atoms with Gasteiger partial charge in [0, 0.05) is 12.4 Å². The first-order valence-corrected chi connectivity index (χ1v) is 11.5. The number of carbonyl (C=O) groups excluding carboxylic acids is 1. The topological polar surface area (TPSA) is 114 Å². The van der Waals surface area contributed by atoms with Crippen molar-refractivity contribution in [2.75, 3.05) is 10.0 Å². The first-order valence-electron chi connectivity index (χ1n) is 9.17. The molecule has 8 nitrogen and oxygen atoms in total. The van der Waals surface area contributed by atoms with Crippen LogP contribution in [0.4, 0.5) is 11.4 Å². The standard InChI is InChI=1S/C21H17N5O3S2/c1-14-18(30-21(24-14)19-22-12-7-13-23-19)20(27)25-16-10-5-6-11-17(16)26-31(28,29)15-8-3-2-4-9-15/h2-13,26H,1H3,(H,25,27). The molecule has 2 aromatic carbocycles. The zero-order chi connectivity index (χ0) is 21.8. The number of anilines is 2. The molecule has 31 heavy (non-hydrogen) atoms. The summed E-state index contributed by atoms with van der Waals surface area (Å²) < 4.78 is 27.9. The van der Waals surface area contributed by atoms with Crippen molar-refractivity contribution >= 4 is 38.6 Å². The molecule has 0 aliphatic heterocycles. The first kappa shape index (κ1) is 20.6. The van der Waals surface area contributed by atoms with Gasteiger partial charge in [0.1, 0.15) is 4.88 Å². The molecule has 0 aliphatic rings. The number of nitrogens with zero attached hydrogens (tertiary/aromatic N) is 3. The quantitative estimate of drug-likeness (QED) is 0.459. The lowest BCUT2D eigenvalue weighted by molar-refractivity contribution is 0.103. The van der Waals surface area contributed by atoms with Gasteiger partial charge in [0.15, 0.2) is 10.8 Å². The van der Waals surface area contributed by atoms with Crippen LogP contribution in [0.3, 0.4) is 0 Å². The Morgan fingerprint density at radius 1 is 0.903 bits per heavy atom. The third-order valence-corrected chi connectivity index (χ3v) is 6.77. The van der Waals surface area contributed by atoms with Crippen molar-refractivity contribution in [1.82, 2.24) is 15.0 Å². The van der Waals surface area contributed by atoms with E-state index >= 15 is 0 Å². The van der Waals surface area contributed by atoms with Crippen LogP contribution in [0, 0.1) is 6.92 Å². The van der Waals surface area contributed by atoms with Crippen molar-refractivity contribution in [2.45, 2.75) is 11.8 Å². The molecule has 4 rings (SSSR count). The van der Waals surface area contributed by atoms with E-state index in [0.717, 1.165) is 0 Å². The van der Waals surface area contributed by atoms with Crippen molar-refractivity contribution < 1.29 is 13.2 Å². The van der Waals surface area contributed by atoms with E-state index in [1.165, 1.54) is 23.5 Å². The summed E-state index contributed by atoms with van der Waals surface area (Å²) in [6, 6.07) is 16.3. The SMILES string of the molecule is Cc1nc(-c2ncccn2)sc1C(=O)Nc1ccccc1NS(=O)(=O)c1ccccc1. The van der Waals surface area contributed by atoms with Crippen molar-refractivity contribution in [2.24, 2.45) is 0 Å². The van der Waals surface area contributed by atoms with Crippen molar-refractivity contribution in [3.8, 4) is 10.8 Å². The Hall–Kier alpha value is -3.63. The Morgan fingerprint density at radius 3 is 2.26 bits per heavy atom. The molecule has 2 N–H and O–H groups in total. The fraction of sp³-hybridized carbons (Fsp3) is 0.0476. The van der Waals surface area contributed by atoms with Crippen LogP contribution < -0.4 is 10.0 Å². The number of amides is 1. The highest BCUT2D eigenvalue weighted by molar-refractivity contribution is 7.92. The van der Waals surface area contributed by atoms with Gasteiger partial charge >= 0.3 is 0 Å². The van der Waals surface area contributed by atoms with E-state index in [4.69, 9.17) is 0 Å².